The average Bonchev–Trinajstić information content (AvgIpc) is 2.11. The number of nitrogens with one attached hydrogen (secondary N) is 1. The number of nitrogens with zero attached hydrogens (tertiary/aromatic N) is 1. The molecule has 0 aliphatic heterocycles. The van der Waals surface area contributed by atoms with Crippen molar-refractivity contribution in [3.8, 4) is 0 Å². The molecule has 1 N–H and O–H groups in total. The minimum Gasteiger partial charge on any atom is -0.268 e. The Balaban J connectivity index is 3.40. The van der Waals surface area contributed by atoms with E-state index in [0.717, 1.165) is 0 Å². The van der Waals surface area contributed by atoms with Gasteiger partial charge in [0, 0.05) is 6.20 Å². The van der Waals surface area contributed by atoms with Crippen LogP contribution in [-0.4, -0.2) is 19.7 Å². The second-order valence-electron chi connectivity index (χ2n) is 3.48. The van der Waals surface area contributed by atoms with Crippen molar-refractivity contribution in [3.63, 3.8) is 0 Å². The number of hydrogen-bond donors (Lipinski definition) is 1. The number of sulfonamides is 1. The van der Waals surface area contributed by atoms with Gasteiger partial charge in [-0.2, -0.15) is 26.3 Å². The van der Waals surface area contributed by atoms with Crippen molar-refractivity contribution in [2.24, 2.45) is 0 Å². The molecule has 1 heterocycles. The molecule has 0 saturated heterocycles. The first-order chi connectivity index (χ1) is 8.31. The van der Waals surface area contributed by atoms with E-state index in [-0.39, 0.29) is 12.3 Å². The van der Waals surface area contributed by atoms with E-state index in [0.29, 0.717) is 6.26 Å². The predicted octanol–water partition coefficient (Wildman–Crippen LogP) is 2.49. The van der Waals surface area contributed by atoms with E-state index in [9.17, 15) is 34.8 Å². The Hall–Kier alpha value is -1.52. The van der Waals surface area contributed by atoms with E-state index in [1.165, 1.54) is 0 Å². The maximum absolute atomic E-state index is 12.5. The predicted molar refractivity (Wildman–Crippen MR) is 52.7 cm³/mol. The molecule has 11 heteroatoms. The first-order valence-electron chi connectivity index (χ1n) is 4.43. The number of rotatable bonds is 2. The van der Waals surface area contributed by atoms with Gasteiger partial charge in [-0.25, -0.2) is 13.4 Å². The second kappa shape index (κ2) is 4.54. The van der Waals surface area contributed by atoms with Crippen LogP contribution < -0.4 is 4.72 Å². The van der Waals surface area contributed by atoms with Crippen LogP contribution in [0.5, 0.6) is 0 Å². The number of halogens is 6. The van der Waals surface area contributed by atoms with Gasteiger partial charge in [-0.15, -0.1) is 0 Å². The molecule has 0 fully saturated rings. The summed E-state index contributed by atoms with van der Waals surface area (Å²) in [5, 5.41) is 0. The van der Waals surface area contributed by atoms with Crippen LogP contribution in [0.2, 0.25) is 0 Å². The van der Waals surface area contributed by atoms with Gasteiger partial charge in [0.2, 0.25) is 10.0 Å². The van der Waals surface area contributed by atoms with Crippen molar-refractivity contribution < 1.29 is 34.8 Å². The Morgan fingerprint density at radius 3 is 1.89 bits per heavy atom. The minimum absolute atomic E-state index is 0.0100. The zero-order valence-corrected chi connectivity index (χ0v) is 9.91. The van der Waals surface area contributed by atoms with Gasteiger partial charge >= 0.3 is 12.4 Å². The first-order valence-corrected chi connectivity index (χ1v) is 6.32. The Morgan fingerprint density at radius 1 is 1.05 bits per heavy atom. The van der Waals surface area contributed by atoms with Crippen molar-refractivity contribution in [2.75, 3.05) is 11.0 Å². The molecule has 0 aliphatic rings. The topological polar surface area (TPSA) is 59.1 Å². The van der Waals surface area contributed by atoms with Crippen LogP contribution in [0.4, 0.5) is 32.2 Å². The zero-order chi connectivity index (χ0) is 15.1. The maximum atomic E-state index is 12.5. The molecule has 108 valence electrons. The number of aromatic nitrogens is 1. The molecule has 0 amide bonds. The van der Waals surface area contributed by atoms with Crippen molar-refractivity contribution in [2.45, 2.75) is 12.4 Å². The highest BCUT2D eigenvalue weighted by molar-refractivity contribution is 7.92. The second-order valence-corrected chi connectivity index (χ2v) is 5.23. The summed E-state index contributed by atoms with van der Waals surface area (Å²) in [6.45, 7) is 0. The van der Waals surface area contributed by atoms with E-state index in [1.807, 2.05) is 0 Å². The largest absolute Gasteiger partial charge is 0.418 e. The van der Waals surface area contributed by atoms with Gasteiger partial charge in [0.25, 0.3) is 0 Å². The normalized spacial score (nSPS) is 13.4. The first kappa shape index (κ1) is 15.5. The lowest BCUT2D eigenvalue weighted by Gasteiger charge is -2.16. The van der Waals surface area contributed by atoms with Crippen LogP contribution in [-0.2, 0) is 22.4 Å². The SMILES string of the molecule is CS(=O)(=O)Nc1cc(C(F)(F)F)c(C(F)(F)F)cn1. The van der Waals surface area contributed by atoms with E-state index >= 15 is 0 Å². The Labute approximate surface area is 103 Å². The van der Waals surface area contributed by atoms with Gasteiger partial charge in [-0.1, -0.05) is 0 Å². The highest BCUT2D eigenvalue weighted by atomic mass is 32.2. The summed E-state index contributed by atoms with van der Waals surface area (Å²) in [5.41, 5.74) is -4.00. The number of pyridine rings is 1. The van der Waals surface area contributed by atoms with Crippen molar-refractivity contribution in [1.82, 2.24) is 4.98 Å². The van der Waals surface area contributed by atoms with Gasteiger partial charge in [-0.05, 0) is 6.07 Å². The lowest BCUT2D eigenvalue weighted by Crippen LogP contribution is -2.19. The van der Waals surface area contributed by atoms with Crippen molar-refractivity contribution in [3.05, 3.63) is 23.4 Å². The number of hydrogen-bond acceptors (Lipinski definition) is 3. The summed E-state index contributed by atoms with van der Waals surface area (Å²) >= 11 is 0. The van der Waals surface area contributed by atoms with E-state index in [4.69, 9.17) is 0 Å². The molecule has 0 radical (unpaired) electrons. The highest BCUT2D eigenvalue weighted by Crippen LogP contribution is 2.40. The summed E-state index contributed by atoms with van der Waals surface area (Å²) in [4.78, 5) is 2.99. The molecule has 0 saturated carbocycles. The molecule has 0 aromatic carbocycles. The number of alkyl halides is 6. The quantitative estimate of drug-likeness (QED) is 0.854. The Kier molecular flexibility index (Phi) is 3.72. The van der Waals surface area contributed by atoms with E-state index < -0.39 is 39.3 Å². The number of anilines is 1. The standard InChI is InChI=1S/C8H6F6N2O2S/c1-19(17,18)16-6-2-4(7(9,10)11)5(3-15-6)8(12,13)14/h2-3H,1H3,(H,15,16). The summed E-state index contributed by atoms with van der Waals surface area (Å²) in [6, 6.07) is -0.0100. The fraction of sp³-hybridized carbons (Fsp3) is 0.375. The molecule has 0 unspecified atom stereocenters. The molecule has 1 aromatic heterocycles. The van der Waals surface area contributed by atoms with Crippen LogP contribution >= 0.6 is 0 Å². The van der Waals surface area contributed by atoms with Gasteiger partial charge in [0.1, 0.15) is 5.82 Å². The third-order valence-corrected chi connectivity index (χ3v) is 2.38. The Bertz CT molecular complexity index is 578. The molecule has 1 aromatic rings. The molecular weight excluding hydrogens is 302 g/mol. The maximum Gasteiger partial charge on any atom is 0.418 e. The monoisotopic (exact) mass is 308 g/mol. The van der Waals surface area contributed by atoms with Crippen molar-refractivity contribution in [1.29, 1.82) is 0 Å². The fourth-order valence-electron chi connectivity index (χ4n) is 1.16. The summed E-state index contributed by atoms with van der Waals surface area (Å²) in [7, 11) is -3.95. The molecule has 0 aliphatic carbocycles. The third-order valence-electron chi connectivity index (χ3n) is 1.80. The summed E-state index contributed by atoms with van der Waals surface area (Å²) < 4.78 is 97.7. The van der Waals surface area contributed by atoms with Crippen LogP contribution in [0, 0.1) is 0 Å². The molecule has 1 rings (SSSR count). The van der Waals surface area contributed by atoms with Crippen molar-refractivity contribution >= 4 is 15.8 Å². The third kappa shape index (κ3) is 4.26. The van der Waals surface area contributed by atoms with Gasteiger partial charge in [-0.3, -0.25) is 4.72 Å². The van der Waals surface area contributed by atoms with Gasteiger partial charge in [0.05, 0.1) is 17.4 Å². The Morgan fingerprint density at radius 2 is 1.53 bits per heavy atom. The summed E-state index contributed by atoms with van der Waals surface area (Å²) in [6.07, 6.45) is -9.99. The molecule has 19 heavy (non-hydrogen) atoms. The fourth-order valence-corrected chi connectivity index (χ4v) is 1.65. The van der Waals surface area contributed by atoms with Crippen LogP contribution in [0.15, 0.2) is 12.3 Å². The van der Waals surface area contributed by atoms with Crippen LogP contribution in [0.25, 0.3) is 0 Å². The summed E-state index contributed by atoms with van der Waals surface area (Å²) in [5.74, 6) is -0.845. The van der Waals surface area contributed by atoms with Gasteiger partial charge < -0.3 is 0 Å². The molecule has 0 spiro atoms. The van der Waals surface area contributed by atoms with Crippen LogP contribution in [0.3, 0.4) is 0 Å². The zero-order valence-electron chi connectivity index (χ0n) is 9.09. The highest BCUT2D eigenvalue weighted by Gasteiger charge is 2.43. The van der Waals surface area contributed by atoms with Gasteiger partial charge in [0.15, 0.2) is 0 Å². The van der Waals surface area contributed by atoms with Crippen LogP contribution in [0.1, 0.15) is 11.1 Å². The molecule has 4 nitrogen and oxygen atoms in total. The molecule has 0 atom stereocenters. The van der Waals surface area contributed by atoms with E-state index in [1.54, 1.807) is 4.72 Å². The lowest BCUT2D eigenvalue weighted by molar-refractivity contribution is -0.162. The average molecular weight is 308 g/mol. The smallest absolute Gasteiger partial charge is 0.268 e. The molecular formula is C8H6F6N2O2S. The lowest BCUT2D eigenvalue weighted by atomic mass is 10.1. The van der Waals surface area contributed by atoms with E-state index in [2.05, 4.69) is 4.98 Å². The minimum atomic E-state index is -5.29. The molecule has 0 bridgehead atoms.